The van der Waals surface area contributed by atoms with Gasteiger partial charge in [-0.25, -0.2) is 9.78 Å². The molecule has 0 aliphatic carbocycles. The van der Waals surface area contributed by atoms with Crippen molar-refractivity contribution in [3.63, 3.8) is 0 Å². The van der Waals surface area contributed by atoms with Crippen LogP contribution in [0.3, 0.4) is 0 Å². The first-order chi connectivity index (χ1) is 12.8. The van der Waals surface area contributed by atoms with Crippen LogP contribution in [0.2, 0.25) is 0 Å². The van der Waals surface area contributed by atoms with Crippen LogP contribution >= 0.6 is 11.3 Å². The third-order valence-corrected chi connectivity index (χ3v) is 5.35. The van der Waals surface area contributed by atoms with Gasteiger partial charge < -0.3 is 14.2 Å². The number of fused-ring (bicyclic) bond motifs is 1. The number of benzene rings is 1. The topological polar surface area (TPSA) is 57.7 Å². The lowest BCUT2D eigenvalue weighted by atomic mass is 10.0. The molecule has 26 heavy (non-hydrogen) atoms. The SMILES string of the molecule is CCOC(=O)c1sc2ncccc2c1-c1ccc(OC2CCOC2)cc1. The molecule has 0 amide bonds. The number of pyridine rings is 1. The van der Waals surface area contributed by atoms with E-state index < -0.39 is 0 Å². The number of hydrogen-bond donors (Lipinski definition) is 0. The summed E-state index contributed by atoms with van der Waals surface area (Å²) in [5.74, 6) is 0.494. The minimum Gasteiger partial charge on any atom is -0.488 e. The number of carbonyl (C=O) groups excluding carboxylic acids is 1. The third-order valence-electron chi connectivity index (χ3n) is 4.26. The monoisotopic (exact) mass is 369 g/mol. The Bertz CT molecular complexity index is 913. The number of rotatable bonds is 5. The van der Waals surface area contributed by atoms with Crippen molar-refractivity contribution < 1.29 is 19.0 Å². The fraction of sp³-hybridized carbons (Fsp3) is 0.300. The number of aromatic nitrogens is 1. The first-order valence-electron chi connectivity index (χ1n) is 8.65. The van der Waals surface area contributed by atoms with E-state index in [9.17, 15) is 4.79 Å². The van der Waals surface area contributed by atoms with Crippen molar-refractivity contribution in [2.24, 2.45) is 0 Å². The van der Waals surface area contributed by atoms with Crippen molar-refractivity contribution in [1.82, 2.24) is 4.98 Å². The molecule has 4 rings (SSSR count). The Morgan fingerprint density at radius 2 is 2.15 bits per heavy atom. The predicted octanol–water partition coefficient (Wildman–Crippen LogP) is 4.31. The zero-order valence-corrected chi connectivity index (χ0v) is 15.3. The standard InChI is InChI=1S/C20H19NO4S/c1-2-24-20(22)18-17(16-4-3-10-21-19(16)26-18)13-5-7-14(8-6-13)25-15-9-11-23-12-15/h3-8,10,15H,2,9,11-12H2,1H3. The van der Waals surface area contributed by atoms with Crippen LogP contribution in [0.15, 0.2) is 42.6 Å². The van der Waals surface area contributed by atoms with Gasteiger partial charge in [-0.15, -0.1) is 11.3 Å². The fourth-order valence-electron chi connectivity index (χ4n) is 3.06. The van der Waals surface area contributed by atoms with Crippen LogP contribution in [0.5, 0.6) is 5.75 Å². The molecule has 0 spiro atoms. The quantitative estimate of drug-likeness (QED) is 0.627. The molecule has 3 aromatic rings. The highest BCUT2D eigenvalue weighted by Gasteiger charge is 2.22. The maximum absolute atomic E-state index is 12.4. The average molecular weight is 369 g/mol. The minimum absolute atomic E-state index is 0.113. The van der Waals surface area contributed by atoms with Crippen LogP contribution in [-0.2, 0) is 9.47 Å². The fourth-order valence-corrected chi connectivity index (χ4v) is 4.12. The molecule has 0 radical (unpaired) electrons. The molecule has 5 nitrogen and oxygen atoms in total. The molecular formula is C20H19NO4S. The third kappa shape index (κ3) is 3.30. The van der Waals surface area contributed by atoms with Gasteiger partial charge in [-0.1, -0.05) is 12.1 Å². The van der Waals surface area contributed by atoms with E-state index in [1.807, 2.05) is 43.3 Å². The van der Waals surface area contributed by atoms with Crippen molar-refractivity contribution in [1.29, 1.82) is 0 Å². The highest BCUT2D eigenvalue weighted by molar-refractivity contribution is 7.21. The van der Waals surface area contributed by atoms with E-state index in [4.69, 9.17) is 14.2 Å². The van der Waals surface area contributed by atoms with Crippen molar-refractivity contribution >= 4 is 27.5 Å². The first-order valence-corrected chi connectivity index (χ1v) is 9.47. The van der Waals surface area contributed by atoms with E-state index in [-0.39, 0.29) is 12.1 Å². The minimum atomic E-state index is -0.311. The number of carbonyl (C=O) groups is 1. The van der Waals surface area contributed by atoms with Gasteiger partial charge in [-0.05, 0) is 36.8 Å². The summed E-state index contributed by atoms with van der Waals surface area (Å²) in [5.41, 5.74) is 1.81. The Hall–Kier alpha value is -2.44. The highest BCUT2D eigenvalue weighted by atomic mass is 32.1. The Morgan fingerprint density at radius 3 is 2.88 bits per heavy atom. The summed E-state index contributed by atoms with van der Waals surface area (Å²) < 4.78 is 16.5. The van der Waals surface area contributed by atoms with E-state index in [0.717, 1.165) is 40.1 Å². The van der Waals surface area contributed by atoms with Gasteiger partial charge in [-0.2, -0.15) is 0 Å². The van der Waals surface area contributed by atoms with Gasteiger partial charge in [0.2, 0.25) is 0 Å². The molecule has 1 unspecified atom stereocenters. The number of nitrogens with zero attached hydrogens (tertiary/aromatic N) is 1. The summed E-state index contributed by atoms with van der Waals surface area (Å²) in [6, 6.07) is 11.7. The molecule has 1 atom stereocenters. The molecule has 3 heterocycles. The molecule has 0 saturated carbocycles. The summed E-state index contributed by atoms with van der Waals surface area (Å²) in [6.45, 7) is 3.54. The van der Waals surface area contributed by atoms with Crippen molar-refractivity contribution in [2.75, 3.05) is 19.8 Å². The molecule has 1 aromatic carbocycles. The normalized spacial score (nSPS) is 16.7. The van der Waals surface area contributed by atoms with Crippen LogP contribution in [0.1, 0.15) is 23.0 Å². The molecule has 1 fully saturated rings. The molecule has 1 aliphatic heterocycles. The zero-order valence-electron chi connectivity index (χ0n) is 14.4. The largest absolute Gasteiger partial charge is 0.488 e. The zero-order chi connectivity index (χ0) is 17.9. The van der Waals surface area contributed by atoms with Crippen LogP contribution < -0.4 is 4.74 Å². The Kier molecular flexibility index (Phi) is 4.86. The molecule has 134 valence electrons. The number of hydrogen-bond acceptors (Lipinski definition) is 6. The molecule has 1 aliphatic rings. The molecule has 1 saturated heterocycles. The second-order valence-electron chi connectivity index (χ2n) is 6.01. The van der Waals surface area contributed by atoms with Gasteiger partial charge in [0.25, 0.3) is 0 Å². The molecule has 0 N–H and O–H groups in total. The van der Waals surface area contributed by atoms with Crippen LogP contribution in [-0.4, -0.2) is 36.9 Å². The smallest absolute Gasteiger partial charge is 0.349 e. The second kappa shape index (κ2) is 7.43. The van der Waals surface area contributed by atoms with E-state index in [1.165, 1.54) is 11.3 Å². The second-order valence-corrected chi connectivity index (χ2v) is 7.01. The van der Waals surface area contributed by atoms with Gasteiger partial charge in [0.1, 0.15) is 21.6 Å². The summed E-state index contributed by atoms with van der Waals surface area (Å²) in [4.78, 5) is 18.2. The Balaban J connectivity index is 1.70. The Morgan fingerprint density at radius 1 is 1.31 bits per heavy atom. The molecular weight excluding hydrogens is 350 g/mol. The average Bonchev–Trinajstić information content (AvgIpc) is 3.30. The number of thiophene rings is 1. The van der Waals surface area contributed by atoms with E-state index in [1.54, 1.807) is 6.20 Å². The maximum atomic E-state index is 12.4. The molecule has 6 heteroatoms. The van der Waals surface area contributed by atoms with Gasteiger partial charge >= 0.3 is 5.97 Å². The summed E-state index contributed by atoms with van der Waals surface area (Å²) >= 11 is 1.36. The number of esters is 1. The highest BCUT2D eigenvalue weighted by Crippen LogP contribution is 2.38. The van der Waals surface area contributed by atoms with Crippen LogP contribution in [0.4, 0.5) is 0 Å². The number of ether oxygens (including phenoxy) is 3. The maximum Gasteiger partial charge on any atom is 0.349 e. The van der Waals surface area contributed by atoms with Gasteiger partial charge in [0.15, 0.2) is 0 Å². The van der Waals surface area contributed by atoms with Gasteiger partial charge in [0, 0.05) is 23.6 Å². The lowest BCUT2D eigenvalue weighted by Crippen LogP contribution is -2.15. The van der Waals surface area contributed by atoms with E-state index >= 15 is 0 Å². The van der Waals surface area contributed by atoms with E-state index in [0.29, 0.717) is 18.1 Å². The van der Waals surface area contributed by atoms with Crippen molar-refractivity contribution in [3.8, 4) is 16.9 Å². The lowest BCUT2D eigenvalue weighted by molar-refractivity contribution is 0.0533. The summed E-state index contributed by atoms with van der Waals surface area (Å²) in [5, 5.41) is 0.957. The molecule has 0 bridgehead atoms. The van der Waals surface area contributed by atoms with Crippen molar-refractivity contribution in [3.05, 3.63) is 47.5 Å². The molecule has 2 aromatic heterocycles. The first kappa shape index (κ1) is 17.0. The Labute approximate surface area is 155 Å². The van der Waals surface area contributed by atoms with Gasteiger partial charge in [-0.3, -0.25) is 0 Å². The van der Waals surface area contributed by atoms with Crippen LogP contribution in [0.25, 0.3) is 21.3 Å². The van der Waals surface area contributed by atoms with E-state index in [2.05, 4.69) is 4.98 Å². The summed E-state index contributed by atoms with van der Waals surface area (Å²) in [6.07, 6.45) is 2.76. The van der Waals surface area contributed by atoms with Gasteiger partial charge in [0.05, 0.1) is 19.8 Å². The lowest BCUT2D eigenvalue weighted by Gasteiger charge is -2.12. The van der Waals surface area contributed by atoms with Crippen molar-refractivity contribution in [2.45, 2.75) is 19.4 Å². The summed E-state index contributed by atoms with van der Waals surface area (Å²) in [7, 11) is 0. The van der Waals surface area contributed by atoms with Crippen LogP contribution in [0, 0.1) is 0 Å². The predicted molar refractivity (Wildman–Crippen MR) is 101 cm³/mol.